The van der Waals surface area contributed by atoms with Crippen molar-refractivity contribution in [1.82, 2.24) is 4.90 Å². The average molecular weight is 284 g/mol. The van der Waals surface area contributed by atoms with E-state index < -0.39 is 0 Å². The molecule has 1 aromatic carbocycles. The second kappa shape index (κ2) is 6.32. The number of nitrogens with two attached hydrogens (primary N) is 1. The van der Waals surface area contributed by atoms with E-state index in [1.54, 1.807) is 0 Å². The van der Waals surface area contributed by atoms with Crippen LogP contribution >= 0.6 is 0 Å². The highest BCUT2D eigenvalue weighted by Gasteiger charge is 2.29. The number of hydrogen-bond donors (Lipinski definition) is 1. The maximum Gasteiger partial charge on any atom is 0.253 e. The lowest BCUT2D eigenvalue weighted by atomic mass is 9.84. The van der Waals surface area contributed by atoms with Crippen LogP contribution in [0.1, 0.15) is 48.2 Å². The Morgan fingerprint density at radius 2 is 2.14 bits per heavy atom. The summed E-state index contributed by atoms with van der Waals surface area (Å²) in [5, 5.41) is 0. The highest BCUT2D eigenvalue weighted by molar-refractivity contribution is 5.95. The summed E-state index contributed by atoms with van der Waals surface area (Å²) >= 11 is 0. The van der Waals surface area contributed by atoms with Gasteiger partial charge in [0, 0.05) is 24.2 Å². The molecular formula is C18H24N2O. The van der Waals surface area contributed by atoms with E-state index in [-0.39, 0.29) is 11.3 Å². The molecule has 0 unspecified atom stereocenters. The van der Waals surface area contributed by atoms with E-state index >= 15 is 0 Å². The van der Waals surface area contributed by atoms with Crippen LogP contribution < -0.4 is 5.73 Å². The van der Waals surface area contributed by atoms with E-state index in [0.29, 0.717) is 6.54 Å². The first-order chi connectivity index (χ1) is 9.91. The van der Waals surface area contributed by atoms with Gasteiger partial charge >= 0.3 is 0 Å². The molecule has 0 aliphatic carbocycles. The van der Waals surface area contributed by atoms with Gasteiger partial charge in [-0.2, -0.15) is 0 Å². The van der Waals surface area contributed by atoms with Gasteiger partial charge in [-0.1, -0.05) is 25.7 Å². The molecule has 0 bridgehead atoms. The third kappa shape index (κ3) is 4.09. The second-order valence-corrected chi connectivity index (χ2v) is 6.59. The molecule has 0 aromatic heterocycles. The van der Waals surface area contributed by atoms with Gasteiger partial charge in [0.2, 0.25) is 0 Å². The fourth-order valence-corrected chi connectivity index (χ4v) is 2.91. The van der Waals surface area contributed by atoms with Gasteiger partial charge in [0.05, 0.1) is 6.54 Å². The summed E-state index contributed by atoms with van der Waals surface area (Å²) in [4.78, 5) is 14.7. The van der Waals surface area contributed by atoms with Crippen LogP contribution in [-0.4, -0.2) is 30.4 Å². The van der Waals surface area contributed by atoms with Gasteiger partial charge in [-0.15, -0.1) is 0 Å². The van der Waals surface area contributed by atoms with E-state index in [0.717, 1.165) is 36.2 Å². The molecule has 1 aliphatic heterocycles. The van der Waals surface area contributed by atoms with E-state index in [2.05, 4.69) is 25.7 Å². The van der Waals surface area contributed by atoms with Crippen LogP contribution in [0, 0.1) is 24.2 Å². The number of aryl methyl sites for hydroxylation is 1. The first-order valence-corrected chi connectivity index (χ1v) is 7.51. The van der Waals surface area contributed by atoms with E-state index in [1.807, 2.05) is 30.0 Å². The molecule has 0 spiro atoms. The number of hydrogen-bond acceptors (Lipinski definition) is 2. The molecule has 1 heterocycles. The Kier molecular flexibility index (Phi) is 4.69. The number of likely N-dealkylation sites (tertiary alicyclic amines) is 1. The van der Waals surface area contributed by atoms with Crippen molar-refractivity contribution in [2.24, 2.45) is 11.1 Å². The minimum atomic E-state index is 0.113. The van der Waals surface area contributed by atoms with Gasteiger partial charge in [0.25, 0.3) is 5.91 Å². The normalized spacial score (nSPS) is 17.0. The lowest BCUT2D eigenvalue weighted by molar-refractivity contribution is 0.0583. The van der Waals surface area contributed by atoms with Gasteiger partial charge in [-0.25, -0.2) is 0 Å². The summed E-state index contributed by atoms with van der Waals surface area (Å²) in [5.41, 5.74) is 8.26. The Morgan fingerprint density at radius 1 is 1.38 bits per heavy atom. The van der Waals surface area contributed by atoms with Crippen molar-refractivity contribution >= 4 is 5.91 Å². The fraction of sp³-hybridized carbons (Fsp3) is 0.500. The van der Waals surface area contributed by atoms with Gasteiger partial charge < -0.3 is 10.6 Å². The Balaban J connectivity index is 2.24. The van der Waals surface area contributed by atoms with Crippen LogP contribution in [-0.2, 0) is 0 Å². The zero-order chi connectivity index (χ0) is 15.5. The minimum absolute atomic E-state index is 0.113. The number of carbonyl (C=O) groups is 1. The molecule has 0 saturated carbocycles. The maximum atomic E-state index is 12.7. The van der Waals surface area contributed by atoms with Gasteiger partial charge in [0.15, 0.2) is 0 Å². The Bertz CT molecular complexity index is 593. The molecule has 3 nitrogen and oxygen atoms in total. The van der Waals surface area contributed by atoms with Crippen molar-refractivity contribution in [3.05, 3.63) is 34.9 Å². The third-order valence-electron chi connectivity index (χ3n) is 3.85. The van der Waals surface area contributed by atoms with E-state index in [1.165, 1.54) is 6.42 Å². The summed E-state index contributed by atoms with van der Waals surface area (Å²) in [6.07, 6.45) is 2.25. The van der Waals surface area contributed by atoms with Gasteiger partial charge in [-0.3, -0.25) is 4.79 Å². The molecule has 1 amide bonds. The van der Waals surface area contributed by atoms with Crippen LogP contribution in [0.15, 0.2) is 18.2 Å². The van der Waals surface area contributed by atoms with Crippen LogP contribution in [0.5, 0.6) is 0 Å². The Morgan fingerprint density at radius 3 is 2.81 bits per heavy atom. The van der Waals surface area contributed by atoms with Gasteiger partial charge in [0.1, 0.15) is 0 Å². The Hall–Kier alpha value is -1.79. The number of piperidine rings is 1. The van der Waals surface area contributed by atoms with Crippen molar-refractivity contribution in [3.8, 4) is 11.8 Å². The standard InChI is InChI=1S/C18H24N2O/c1-14-10-15(6-4-8-19)12-16(11-14)17(21)20-9-5-7-18(2,3)13-20/h10-12H,5,7-9,13,19H2,1-3H3. The smallest absolute Gasteiger partial charge is 0.253 e. The summed E-state index contributed by atoms with van der Waals surface area (Å²) in [7, 11) is 0. The van der Waals surface area contributed by atoms with E-state index in [4.69, 9.17) is 5.73 Å². The lowest BCUT2D eigenvalue weighted by Crippen LogP contribution is -2.43. The molecule has 112 valence electrons. The second-order valence-electron chi connectivity index (χ2n) is 6.59. The lowest BCUT2D eigenvalue weighted by Gasteiger charge is -2.38. The summed E-state index contributed by atoms with van der Waals surface area (Å²) in [5.74, 6) is 5.97. The summed E-state index contributed by atoms with van der Waals surface area (Å²) in [6.45, 7) is 8.44. The molecule has 2 N–H and O–H groups in total. The number of rotatable bonds is 1. The van der Waals surface area contributed by atoms with Crippen molar-refractivity contribution in [2.45, 2.75) is 33.6 Å². The summed E-state index contributed by atoms with van der Waals surface area (Å²) < 4.78 is 0. The predicted molar refractivity (Wildman–Crippen MR) is 86.0 cm³/mol. The number of amides is 1. The molecule has 1 aromatic rings. The molecule has 3 heteroatoms. The number of benzene rings is 1. The zero-order valence-corrected chi connectivity index (χ0v) is 13.2. The quantitative estimate of drug-likeness (QED) is 0.806. The average Bonchev–Trinajstić information content (AvgIpc) is 2.42. The summed E-state index contributed by atoms with van der Waals surface area (Å²) in [6, 6.07) is 5.80. The van der Waals surface area contributed by atoms with E-state index in [9.17, 15) is 4.79 Å². The molecule has 2 rings (SSSR count). The maximum absolute atomic E-state index is 12.7. The van der Waals surface area contributed by atoms with Crippen LogP contribution in [0.3, 0.4) is 0 Å². The fourth-order valence-electron chi connectivity index (χ4n) is 2.91. The molecule has 1 aliphatic rings. The SMILES string of the molecule is Cc1cc(C#CCN)cc(C(=O)N2CCCC(C)(C)C2)c1. The third-order valence-corrected chi connectivity index (χ3v) is 3.85. The molecule has 1 saturated heterocycles. The zero-order valence-electron chi connectivity index (χ0n) is 13.2. The molecule has 0 atom stereocenters. The topological polar surface area (TPSA) is 46.3 Å². The first kappa shape index (κ1) is 15.6. The monoisotopic (exact) mass is 284 g/mol. The first-order valence-electron chi connectivity index (χ1n) is 7.51. The van der Waals surface area contributed by atoms with Crippen molar-refractivity contribution in [2.75, 3.05) is 19.6 Å². The largest absolute Gasteiger partial charge is 0.338 e. The van der Waals surface area contributed by atoms with Gasteiger partial charge in [-0.05, 0) is 48.9 Å². The van der Waals surface area contributed by atoms with Crippen LogP contribution in [0.25, 0.3) is 0 Å². The van der Waals surface area contributed by atoms with Crippen molar-refractivity contribution in [1.29, 1.82) is 0 Å². The molecule has 1 fully saturated rings. The highest BCUT2D eigenvalue weighted by atomic mass is 16.2. The molecular weight excluding hydrogens is 260 g/mol. The molecule has 0 radical (unpaired) electrons. The van der Waals surface area contributed by atoms with Crippen molar-refractivity contribution in [3.63, 3.8) is 0 Å². The van der Waals surface area contributed by atoms with Crippen LogP contribution in [0.4, 0.5) is 0 Å². The predicted octanol–water partition coefficient (Wildman–Crippen LogP) is 2.57. The molecule has 21 heavy (non-hydrogen) atoms. The minimum Gasteiger partial charge on any atom is -0.338 e. The number of carbonyl (C=O) groups excluding carboxylic acids is 1. The van der Waals surface area contributed by atoms with Crippen molar-refractivity contribution < 1.29 is 4.79 Å². The highest BCUT2D eigenvalue weighted by Crippen LogP contribution is 2.29. The Labute approximate surface area is 127 Å². The van der Waals surface area contributed by atoms with Crippen LogP contribution in [0.2, 0.25) is 0 Å². The number of nitrogens with zero attached hydrogens (tertiary/aromatic N) is 1.